The van der Waals surface area contributed by atoms with Crippen LogP contribution < -0.4 is 0 Å². The first-order chi connectivity index (χ1) is 13.3. The number of likely N-dealkylation sites (tertiary alicyclic amines) is 1. The number of benzene rings is 2. The van der Waals surface area contributed by atoms with E-state index in [0.717, 1.165) is 48.9 Å². The molecule has 1 saturated heterocycles. The smallest absolute Gasteiger partial charge is 0.233 e. The van der Waals surface area contributed by atoms with E-state index in [0.29, 0.717) is 5.75 Å². The number of thioether (sulfide) groups is 1. The number of hydrogen-bond acceptors (Lipinski definition) is 3. The number of aromatic nitrogens is 2. The van der Waals surface area contributed by atoms with Crippen molar-refractivity contribution in [3.05, 3.63) is 72.4 Å². The monoisotopic (exact) mass is 377 g/mol. The second-order valence-electron chi connectivity index (χ2n) is 6.74. The third-order valence-electron chi connectivity index (χ3n) is 4.86. The number of carbonyl (C=O) groups is 1. The zero-order valence-corrected chi connectivity index (χ0v) is 16.1. The summed E-state index contributed by atoms with van der Waals surface area (Å²) >= 11 is 1.54. The molecular formula is C22H23N3OS. The summed E-state index contributed by atoms with van der Waals surface area (Å²) in [5, 5.41) is 0.894. The van der Waals surface area contributed by atoms with Crippen LogP contribution in [0, 0.1) is 0 Å². The van der Waals surface area contributed by atoms with Crippen LogP contribution in [0.1, 0.15) is 18.4 Å². The van der Waals surface area contributed by atoms with Gasteiger partial charge in [-0.2, -0.15) is 0 Å². The third kappa shape index (κ3) is 4.25. The minimum absolute atomic E-state index is 0.216. The topological polar surface area (TPSA) is 38.1 Å². The van der Waals surface area contributed by atoms with Crippen LogP contribution in [0.4, 0.5) is 0 Å². The van der Waals surface area contributed by atoms with Crippen molar-refractivity contribution in [3.63, 3.8) is 0 Å². The predicted octanol–water partition coefficient (Wildman–Crippen LogP) is 4.31. The number of imidazole rings is 1. The SMILES string of the molecule is O=C(CSc1ncc(-c2ccccc2)n1Cc1ccccc1)N1CCCC1. The summed E-state index contributed by atoms with van der Waals surface area (Å²) in [6, 6.07) is 20.7. The van der Waals surface area contributed by atoms with Crippen molar-refractivity contribution in [2.24, 2.45) is 0 Å². The van der Waals surface area contributed by atoms with Crippen LogP contribution in [-0.2, 0) is 11.3 Å². The maximum Gasteiger partial charge on any atom is 0.233 e. The Morgan fingerprint density at radius 2 is 1.63 bits per heavy atom. The van der Waals surface area contributed by atoms with Gasteiger partial charge >= 0.3 is 0 Å². The summed E-state index contributed by atoms with van der Waals surface area (Å²) in [5.74, 6) is 0.660. The summed E-state index contributed by atoms with van der Waals surface area (Å²) in [4.78, 5) is 19.0. The Balaban J connectivity index is 1.58. The Labute approximate surface area is 164 Å². The van der Waals surface area contributed by atoms with Gasteiger partial charge in [0.05, 0.1) is 24.2 Å². The maximum atomic E-state index is 12.4. The van der Waals surface area contributed by atoms with Gasteiger partial charge < -0.3 is 9.47 Å². The first kappa shape index (κ1) is 17.9. The van der Waals surface area contributed by atoms with Crippen molar-refractivity contribution in [1.82, 2.24) is 14.5 Å². The molecule has 0 aliphatic carbocycles. The van der Waals surface area contributed by atoms with Crippen LogP contribution in [0.3, 0.4) is 0 Å². The van der Waals surface area contributed by atoms with Crippen LogP contribution in [0.5, 0.6) is 0 Å². The molecule has 2 aromatic carbocycles. The lowest BCUT2D eigenvalue weighted by Crippen LogP contribution is -2.29. The summed E-state index contributed by atoms with van der Waals surface area (Å²) in [6.45, 7) is 2.53. The maximum absolute atomic E-state index is 12.4. The first-order valence-corrected chi connectivity index (χ1v) is 10.4. The number of rotatable bonds is 6. The number of carbonyl (C=O) groups excluding carboxylic acids is 1. The van der Waals surface area contributed by atoms with Gasteiger partial charge in [-0.05, 0) is 24.0 Å². The molecule has 1 aliphatic heterocycles. The highest BCUT2D eigenvalue weighted by molar-refractivity contribution is 7.99. The van der Waals surface area contributed by atoms with Gasteiger partial charge in [0.25, 0.3) is 0 Å². The molecule has 27 heavy (non-hydrogen) atoms. The van der Waals surface area contributed by atoms with Gasteiger partial charge in [0, 0.05) is 13.1 Å². The average molecular weight is 378 g/mol. The van der Waals surface area contributed by atoms with Crippen molar-refractivity contribution < 1.29 is 4.79 Å². The second kappa shape index (κ2) is 8.44. The van der Waals surface area contributed by atoms with Crippen molar-refractivity contribution >= 4 is 17.7 Å². The fourth-order valence-electron chi connectivity index (χ4n) is 3.42. The van der Waals surface area contributed by atoms with Crippen molar-refractivity contribution in [2.75, 3.05) is 18.8 Å². The summed E-state index contributed by atoms with van der Waals surface area (Å²) < 4.78 is 2.21. The second-order valence-corrected chi connectivity index (χ2v) is 7.68. The number of hydrogen-bond donors (Lipinski definition) is 0. The van der Waals surface area contributed by atoms with Crippen LogP contribution in [0.25, 0.3) is 11.3 Å². The standard InChI is InChI=1S/C22H23N3OS/c26-21(24-13-7-8-14-24)17-27-22-23-15-20(19-11-5-2-6-12-19)25(22)16-18-9-3-1-4-10-18/h1-6,9-12,15H,7-8,13-14,16-17H2. The lowest BCUT2D eigenvalue weighted by atomic mass is 10.1. The van der Waals surface area contributed by atoms with E-state index >= 15 is 0 Å². The lowest BCUT2D eigenvalue weighted by Gasteiger charge is -2.15. The van der Waals surface area contributed by atoms with Gasteiger partial charge in [-0.15, -0.1) is 0 Å². The quantitative estimate of drug-likeness (QED) is 0.601. The van der Waals surface area contributed by atoms with E-state index in [4.69, 9.17) is 0 Å². The Morgan fingerprint density at radius 1 is 0.963 bits per heavy atom. The van der Waals surface area contributed by atoms with E-state index in [2.05, 4.69) is 45.9 Å². The van der Waals surface area contributed by atoms with E-state index in [1.54, 1.807) is 0 Å². The highest BCUT2D eigenvalue weighted by Gasteiger charge is 2.20. The predicted molar refractivity (Wildman–Crippen MR) is 110 cm³/mol. The number of amides is 1. The summed E-state index contributed by atoms with van der Waals surface area (Å²) in [6.07, 6.45) is 4.16. The largest absolute Gasteiger partial charge is 0.342 e. The fourth-order valence-corrected chi connectivity index (χ4v) is 4.30. The molecule has 1 aliphatic rings. The minimum atomic E-state index is 0.216. The summed E-state index contributed by atoms with van der Waals surface area (Å²) in [5.41, 5.74) is 3.44. The molecule has 3 aromatic rings. The zero-order valence-electron chi connectivity index (χ0n) is 15.3. The highest BCUT2D eigenvalue weighted by atomic mass is 32.2. The van der Waals surface area contributed by atoms with E-state index in [-0.39, 0.29) is 5.91 Å². The molecule has 4 rings (SSSR count). The Bertz CT molecular complexity index is 886. The molecule has 0 atom stereocenters. The van der Waals surface area contributed by atoms with Gasteiger partial charge in [-0.25, -0.2) is 4.98 Å². The first-order valence-electron chi connectivity index (χ1n) is 9.37. The van der Waals surface area contributed by atoms with Crippen molar-refractivity contribution in [3.8, 4) is 11.3 Å². The highest BCUT2D eigenvalue weighted by Crippen LogP contribution is 2.27. The van der Waals surface area contributed by atoms with E-state index in [1.807, 2.05) is 35.4 Å². The Kier molecular flexibility index (Phi) is 5.58. The summed E-state index contributed by atoms with van der Waals surface area (Å²) in [7, 11) is 0. The molecule has 5 heteroatoms. The molecule has 138 valence electrons. The molecule has 0 N–H and O–H groups in total. The van der Waals surface area contributed by atoms with Crippen molar-refractivity contribution in [2.45, 2.75) is 24.5 Å². The molecule has 1 aromatic heterocycles. The molecule has 0 unspecified atom stereocenters. The van der Waals surface area contributed by atoms with E-state index in [1.165, 1.54) is 17.3 Å². The molecular weight excluding hydrogens is 354 g/mol. The molecule has 1 amide bonds. The Hall–Kier alpha value is -2.53. The van der Waals surface area contributed by atoms with Crippen LogP contribution in [0.2, 0.25) is 0 Å². The molecule has 1 fully saturated rings. The van der Waals surface area contributed by atoms with Gasteiger partial charge in [0.1, 0.15) is 0 Å². The van der Waals surface area contributed by atoms with Gasteiger partial charge in [0.2, 0.25) is 5.91 Å². The van der Waals surface area contributed by atoms with Gasteiger partial charge in [0.15, 0.2) is 5.16 Å². The van der Waals surface area contributed by atoms with Gasteiger partial charge in [-0.1, -0.05) is 72.4 Å². The zero-order chi connectivity index (χ0) is 18.5. The van der Waals surface area contributed by atoms with Gasteiger partial charge in [-0.3, -0.25) is 4.79 Å². The van der Waals surface area contributed by atoms with Crippen molar-refractivity contribution in [1.29, 1.82) is 0 Å². The van der Waals surface area contributed by atoms with Crippen LogP contribution in [0.15, 0.2) is 72.0 Å². The fraction of sp³-hybridized carbons (Fsp3) is 0.273. The Morgan fingerprint density at radius 3 is 2.33 bits per heavy atom. The molecule has 0 bridgehead atoms. The van der Waals surface area contributed by atoms with E-state index in [9.17, 15) is 4.79 Å². The molecule has 0 saturated carbocycles. The average Bonchev–Trinajstić information content (AvgIpc) is 3.38. The normalized spacial score (nSPS) is 13.9. The molecule has 2 heterocycles. The minimum Gasteiger partial charge on any atom is -0.342 e. The van der Waals surface area contributed by atoms with Crippen LogP contribution >= 0.6 is 11.8 Å². The van der Waals surface area contributed by atoms with E-state index < -0.39 is 0 Å². The lowest BCUT2D eigenvalue weighted by molar-refractivity contribution is -0.127. The number of nitrogens with zero attached hydrogens (tertiary/aromatic N) is 3. The molecule has 0 spiro atoms. The molecule has 0 radical (unpaired) electrons. The third-order valence-corrected chi connectivity index (χ3v) is 5.83. The molecule has 4 nitrogen and oxygen atoms in total. The van der Waals surface area contributed by atoms with Crippen LogP contribution in [-0.4, -0.2) is 39.2 Å².